The Morgan fingerprint density at radius 1 is 1.42 bits per heavy atom. The van der Waals surface area contributed by atoms with Crippen molar-refractivity contribution in [3.63, 3.8) is 0 Å². The smallest absolute Gasteiger partial charge is 0.305 e. The highest BCUT2D eigenvalue weighted by Crippen LogP contribution is 2.29. The van der Waals surface area contributed by atoms with Crippen molar-refractivity contribution in [2.24, 2.45) is 11.7 Å². The summed E-state index contributed by atoms with van der Waals surface area (Å²) in [6.45, 7) is 1.97. The van der Waals surface area contributed by atoms with Gasteiger partial charge in [-0.2, -0.15) is 0 Å². The molecule has 0 saturated heterocycles. The highest BCUT2D eigenvalue weighted by molar-refractivity contribution is 6.32. The van der Waals surface area contributed by atoms with Crippen molar-refractivity contribution in [2.45, 2.75) is 25.8 Å². The lowest BCUT2D eigenvalue weighted by atomic mass is 9.94. The average Bonchev–Trinajstić information content (AvgIpc) is 2.38. The normalized spacial score (nSPS) is 13.7. The monoisotopic (exact) mass is 285 g/mol. The maximum Gasteiger partial charge on any atom is 0.305 e. The molecule has 0 saturated carbocycles. The molecule has 0 radical (unpaired) electrons. The van der Waals surface area contributed by atoms with Crippen molar-refractivity contribution in [3.05, 3.63) is 28.8 Å². The Kier molecular flexibility index (Phi) is 6.12. The van der Waals surface area contributed by atoms with Gasteiger partial charge in [-0.05, 0) is 30.0 Å². The molecular formula is C14H20ClNO3. The number of carbonyl (C=O) groups is 1. The molecule has 1 rings (SSSR count). The first-order valence-electron chi connectivity index (χ1n) is 6.13. The second kappa shape index (κ2) is 7.36. The summed E-state index contributed by atoms with van der Waals surface area (Å²) in [6, 6.07) is 5.32. The Balaban J connectivity index is 2.65. The lowest BCUT2D eigenvalue weighted by molar-refractivity contribution is -0.141. The van der Waals surface area contributed by atoms with Crippen LogP contribution in [0.25, 0.3) is 0 Å². The van der Waals surface area contributed by atoms with Gasteiger partial charge in [-0.15, -0.1) is 0 Å². The molecule has 5 heteroatoms. The molecule has 19 heavy (non-hydrogen) atoms. The summed E-state index contributed by atoms with van der Waals surface area (Å²) in [5.74, 6) is 0.566. The Hall–Kier alpha value is -1.26. The Labute approximate surface area is 118 Å². The van der Waals surface area contributed by atoms with E-state index in [0.29, 0.717) is 23.6 Å². The van der Waals surface area contributed by atoms with Gasteiger partial charge in [-0.1, -0.05) is 24.6 Å². The van der Waals surface area contributed by atoms with E-state index in [4.69, 9.17) is 22.1 Å². The van der Waals surface area contributed by atoms with Gasteiger partial charge in [0, 0.05) is 12.5 Å². The minimum absolute atomic E-state index is 0.156. The second-order valence-corrected chi connectivity index (χ2v) is 5.03. The van der Waals surface area contributed by atoms with E-state index in [1.54, 1.807) is 19.2 Å². The molecule has 0 aliphatic heterocycles. The van der Waals surface area contributed by atoms with Gasteiger partial charge in [0.05, 0.1) is 19.2 Å². The third-order valence-corrected chi connectivity index (χ3v) is 3.30. The third-order valence-electron chi connectivity index (χ3n) is 3.00. The molecule has 2 atom stereocenters. The third kappa shape index (κ3) is 4.73. The van der Waals surface area contributed by atoms with Crippen LogP contribution in [0.2, 0.25) is 5.02 Å². The van der Waals surface area contributed by atoms with Crippen molar-refractivity contribution in [1.29, 1.82) is 0 Å². The Morgan fingerprint density at radius 2 is 2.11 bits per heavy atom. The molecule has 4 nitrogen and oxygen atoms in total. The highest BCUT2D eigenvalue weighted by Gasteiger charge is 2.15. The van der Waals surface area contributed by atoms with E-state index in [2.05, 4.69) is 4.74 Å². The number of hydrogen-bond donors (Lipinski definition) is 1. The van der Waals surface area contributed by atoms with Crippen LogP contribution < -0.4 is 10.5 Å². The number of ether oxygens (including phenoxy) is 2. The molecule has 2 unspecified atom stereocenters. The number of esters is 1. The van der Waals surface area contributed by atoms with Crippen LogP contribution in [0.4, 0.5) is 0 Å². The molecular weight excluding hydrogens is 266 g/mol. The molecule has 106 valence electrons. The fourth-order valence-electron chi connectivity index (χ4n) is 1.93. The first kappa shape index (κ1) is 15.8. The molecule has 0 aliphatic rings. The SMILES string of the molecule is COC(=O)CC(C)CC(N)c1ccc(OC)c(Cl)c1. The van der Waals surface area contributed by atoms with Crippen molar-refractivity contribution in [3.8, 4) is 5.75 Å². The van der Waals surface area contributed by atoms with E-state index < -0.39 is 0 Å². The number of hydrogen-bond acceptors (Lipinski definition) is 4. The van der Waals surface area contributed by atoms with E-state index in [1.807, 2.05) is 13.0 Å². The lowest BCUT2D eigenvalue weighted by Gasteiger charge is -2.17. The van der Waals surface area contributed by atoms with Crippen LogP contribution in [0.5, 0.6) is 5.75 Å². The number of carbonyl (C=O) groups excluding carboxylic acids is 1. The second-order valence-electron chi connectivity index (χ2n) is 4.62. The van der Waals surface area contributed by atoms with Crippen LogP contribution in [-0.4, -0.2) is 20.2 Å². The molecule has 0 amide bonds. The highest BCUT2D eigenvalue weighted by atomic mass is 35.5. The van der Waals surface area contributed by atoms with Crippen molar-refractivity contribution >= 4 is 17.6 Å². The van der Waals surface area contributed by atoms with Gasteiger partial charge >= 0.3 is 5.97 Å². The van der Waals surface area contributed by atoms with Gasteiger partial charge in [0.2, 0.25) is 0 Å². The van der Waals surface area contributed by atoms with Crippen LogP contribution in [0, 0.1) is 5.92 Å². The summed E-state index contributed by atoms with van der Waals surface area (Å²) in [7, 11) is 2.96. The zero-order chi connectivity index (χ0) is 14.4. The summed E-state index contributed by atoms with van der Waals surface area (Å²) in [5, 5.41) is 0.538. The summed E-state index contributed by atoms with van der Waals surface area (Å²) in [5.41, 5.74) is 7.05. The van der Waals surface area contributed by atoms with Crippen molar-refractivity contribution in [1.82, 2.24) is 0 Å². The van der Waals surface area contributed by atoms with Crippen LogP contribution >= 0.6 is 11.6 Å². The maximum atomic E-state index is 11.2. The summed E-state index contributed by atoms with van der Waals surface area (Å²) in [6.07, 6.45) is 1.06. The van der Waals surface area contributed by atoms with Crippen LogP contribution in [0.1, 0.15) is 31.4 Å². The molecule has 0 aliphatic carbocycles. The molecule has 1 aromatic rings. The number of benzene rings is 1. The first-order valence-corrected chi connectivity index (χ1v) is 6.51. The van der Waals surface area contributed by atoms with Gasteiger partial charge in [-0.3, -0.25) is 4.79 Å². The summed E-state index contributed by atoms with van der Waals surface area (Å²) < 4.78 is 9.73. The average molecular weight is 286 g/mol. The Morgan fingerprint density at radius 3 is 2.63 bits per heavy atom. The van der Waals surface area contributed by atoms with Gasteiger partial charge in [0.25, 0.3) is 0 Å². The molecule has 0 heterocycles. The summed E-state index contributed by atoms with van der Waals surface area (Å²) in [4.78, 5) is 11.2. The lowest BCUT2D eigenvalue weighted by Crippen LogP contribution is -2.16. The van der Waals surface area contributed by atoms with Crippen LogP contribution in [0.15, 0.2) is 18.2 Å². The van der Waals surface area contributed by atoms with Crippen LogP contribution in [0.3, 0.4) is 0 Å². The molecule has 0 bridgehead atoms. The van der Waals surface area contributed by atoms with E-state index >= 15 is 0 Å². The number of methoxy groups -OCH3 is 2. The molecule has 1 aromatic carbocycles. The zero-order valence-electron chi connectivity index (χ0n) is 11.5. The van der Waals surface area contributed by atoms with Crippen LogP contribution in [-0.2, 0) is 9.53 Å². The fraction of sp³-hybridized carbons (Fsp3) is 0.500. The fourth-order valence-corrected chi connectivity index (χ4v) is 2.20. The zero-order valence-corrected chi connectivity index (χ0v) is 12.2. The van der Waals surface area contributed by atoms with E-state index in [1.165, 1.54) is 7.11 Å². The topological polar surface area (TPSA) is 61.5 Å². The maximum absolute atomic E-state index is 11.2. The molecule has 2 N–H and O–H groups in total. The van der Waals surface area contributed by atoms with Crippen molar-refractivity contribution in [2.75, 3.05) is 14.2 Å². The minimum Gasteiger partial charge on any atom is -0.495 e. The predicted molar refractivity (Wildman–Crippen MR) is 75.3 cm³/mol. The molecule has 0 fully saturated rings. The predicted octanol–water partition coefficient (Wildman–Crippen LogP) is 2.94. The standard InChI is InChI=1S/C14H20ClNO3/c1-9(7-14(17)19-3)6-12(16)10-4-5-13(18-2)11(15)8-10/h4-5,8-9,12H,6-7,16H2,1-3H3. The largest absolute Gasteiger partial charge is 0.495 e. The van der Waals surface area contributed by atoms with Gasteiger partial charge in [-0.25, -0.2) is 0 Å². The quantitative estimate of drug-likeness (QED) is 0.816. The van der Waals surface area contributed by atoms with E-state index in [9.17, 15) is 4.79 Å². The molecule has 0 aromatic heterocycles. The van der Waals surface area contributed by atoms with Crippen molar-refractivity contribution < 1.29 is 14.3 Å². The Bertz CT molecular complexity index is 437. The van der Waals surface area contributed by atoms with E-state index in [-0.39, 0.29) is 17.9 Å². The number of rotatable bonds is 6. The molecule has 0 spiro atoms. The van der Waals surface area contributed by atoms with Gasteiger partial charge < -0.3 is 15.2 Å². The van der Waals surface area contributed by atoms with E-state index in [0.717, 1.165) is 5.56 Å². The minimum atomic E-state index is -0.215. The first-order chi connectivity index (χ1) is 8.97. The van der Waals surface area contributed by atoms with Gasteiger partial charge in [0.1, 0.15) is 5.75 Å². The summed E-state index contributed by atoms with van der Waals surface area (Å²) >= 11 is 6.06. The van der Waals surface area contributed by atoms with Gasteiger partial charge in [0.15, 0.2) is 0 Å². The number of nitrogens with two attached hydrogens (primary N) is 1. The number of halogens is 1.